The second-order valence-electron chi connectivity index (χ2n) is 5.85. The van der Waals surface area contributed by atoms with E-state index >= 15 is 0 Å². The van der Waals surface area contributed by atoms with Crippen LogP contribution in [0.5, 0.6) is 0 Å². The molecular weight excluding hydrogens is 402 g/mol. The third-order valence-electron chi connectivity index (χ3n) is 3.67. The molecule has 0 spiro atoms. The fraction of sp³-hybridized carbons (Fsp3) is 0.235. The third kappa shape index (κ3) is 5.04. The van der Waals surface area contributed by atoms with Crippen LogP contribution in [0.25, 0.3) is 0 Å². The minimum atomic E-state index is -4.83. The highest BCUT2D eigenvalue weighted by Gasteiger charge is 2.34. The Labute approximate surface area is 157 Å². The van der Waals surface area contributed by atoms with Crippen LogP contribution >= 0.6 is 0 Å². The van der Waals surface area contributed by atoms with Gasteiger partial charge in [-0.25, -0.2) is 17.8 Å². The summed E-state index contributed by atoms with van der Waals surface area (Å²) >= 11 is 0. The molecule has 1 aromatic carbocycles. The number of sulfone groups is 1. The molecule has 1 heterocycles. The molecule has 1 atom stereocenters. The number of nitriles is 1. The van der Waals surface area contributed by atoms with Crippen molar-refractivity contribution in [1.29, 1.82) is 5.26 Å². The SMILES string of the molecule is CC(CS(=O)(=O)c1ccc(F)cc1)C(=O)Nc1cc(C(F)(F)F)c(C#N)cn1. The molecular formula is C17H13F4N3O3S. The van der Waals surface area contributed by atoms with Gasteiger partial charge in [0.2, 0.25) is 5.91 Å². The lowest BCUT2D eigenvalue weighted by Gasteiger charge is -2.14. The van der Waals surface area contributed by atoms with Gasteiger partial charge in [0.25, 0.3) is 0 Å². The fourth-order valence-electron chi connectivity index (χ4n) is 2.24. The Balaban J connectivity index is 2.16. The molecule has 1 N–H and O–H groups in total. The van der Waals surface area contributed by atoms with Crippen LogP contribution in [0.1, 0.15) is 18.1 Å². The van der Waals surface area contributed by atoms with Gasteiger partial charge in [0.05, 0.1) is 21.8 Å². The van der Waals surface area contributed by atoms with E-state index in [1.165, 1.54) is 13.0 Å². The van der Waals surface area contributed by atoms with Gasteiger partial charge in [-0.05, 0) is 30.3 Å². The highest BCUT2D eigenvalue weighted by atomic mass is 32.2. The van der Waals surface area contributed by atoms with Crippen LogP contribution in [0.4, 0.5) is 23.4 Å². The van der Waals surface area contributed by atoms with Crippen LogP contribution in [0.15, 0.2) is 41.4 Å². The number of pyridine rings is 1. The van der Waals surface area contributed by atoms with Crippen molar-refractivity contribution in [2.24, 2.45) is 5.92 Å². The number of amides is 1. The Hall–Kier alpha value is -3.00. The lowest BCUT2D eigenvalue weighted by molar-refractivity contribution is -0.137. The van der Waals surface area contributed by atoms with Crippen LogP contribution in [-0.4, -0.2) is 25.1 Å². The molecule has 2 aromatic rings. The van der Waals surface area contributed by atoms with Crippen molar-refractivity contribution < 1.29 is 30.8 Å². The Morgan fingerprint density at radius 3 is 2.43 bits per heavy atom. The van der Waals surface area contributed by atoms with E-state index in [4.69, 9.17) is 5.26 Å². The number of aromatic nitrogens is 1. The maximum absolute atomic E-state index is 13.0. The van der Waals surface area contributed by atoms with Crippen LogP contribution in [-0.2, 0) is 20.8 Å². The summed E-state index contributed by atoms with van der Waals surface area (Å²) in [7, 11) is -3.93. The van der Waals surface area contributed by atoms with Gasteiger partial charge < -0.3 is 5.32 Å². The molecule has 0 aliphatic heterocycles. The summed E-state index contributed by atoms with van der Waals surface area (Å²) < 4.78 is 76.3. The van der Waals surface area contributed by atoms with Gasteiger partial charge in [-0.1, -0.05) is 6.92 Å². The molecule has 0 fully saturated rings. The van der Waals surface area contributed by atoms with Gasteiger partial charge in [0.15, 0.2) is 9.84 Å². The number of anilines is 1. The monoisotopic (exact) mass is 415 g/mol. The van der Waals surface area contributed by atoms with Crippen molar-refractivity contribution in [3.05, 3.63) is 53.5 Å². The molecule has 0 saturated heterocycles. The maximum atomic E-state index is 13.0. The Morgan fingerprint density at radius 1 is 1.29 bits per heavy atom. The summed E-state index contributed by atoms with van der Waals surface area (Å²) in [5, 5.41) is 10.8. The number of carbonyl (C=O) groups is 1. The van der Waals surface area contributed by atoms with E-state index in [1.54, 1.807) is 0 Å². The van der Waals surface area contributed by atoms with Crippen molar-refractivity contribution >= 4 is 21.6 Å². The summed E-state index contributed by atoms with van der Waals surface area (Å²) in [6.45, 7) is 1.27. The number of hydrogen-bond acceptors (Lipinski definition) is 5. The molecule has 1 amide bonds. The van der Waals surface area contributed by atoms with Crippen molar-refractivity contribution in [1.82, 2.24) is 4.98 Å². The average Bonchev–Trinajstić information content (AvgIpc) is 2.60. The second kappa shape index (κ2) is 7.93. The third-order valence-corrected chi connectivity index (χ3v) is 5.60. The topological polar surface area (TPSA) is 99.9 Å². The van der Waals surface area contributed by atoms with E-state index in [2.05, 4.69) is 10.3 Å². The summed E-state index contributed by atoms with van der Waals surface area (Å²) in [4.78, 5) is 15.5. The first-order chi connectivity index (χ1) is 12.9. The molecule has 0 saturated carbocycles. The number of hydrogen-bond donors (Lipinski definition) is 1. The van der Waals surface area contributed by atoms with Crippen molar-refractivity contribution in [3.8, 4) is 6.07 Å². The number of rotatable bonds is 5. The molecule has 2 rings (SSSR count). The molecule has 1 aromatic heterocycles. The lowest BCUT2D eigenvalue weighted by Crippen LogP contribution is -2.27. The fourth-order valence-corrected chi connectivity index (χ4v) is 3.79. The van der Waals surface area contributed by atoms with E-state index in [-0.39, 0.29) is 4.90 Å². The zero-order valence-electron chi connectivity index (χ0n) is 14.3. The van der Waals surface area contributed by atoms with Gasteiger partial charge in [-0.2, -0.15) is 18.4 Å². The first-order valence-corrected chi connectivity index (χ1v) is 9.36. The van der Waals surface area contributed by atoms with Gasteiger partial charge in [-0.15, -0.1) is 0 Å². The molecule has 148 valence electrons. The molecule has 6 nitrogen and oxygen atoms in total. The number of nitrogens with zero attached hydrogens (tertiary/aromatic N) is 2. The predicted molar refractivity (Wildman–Crippen MR) is 90.2 cm³/mol. The number of carbonyl (C=O) groups excluding carboxylic acids is 1. The smallest absolute Gasteiger partial charge is 0.310 e. The Morgan fingerprint density at radius 2 is 1.89 bits per heavy atom. The van der Waals surface area contributed by atoms with Gasteiger partial charge in [0.1, 0.15) is 17.7 Å². The molecule has 0 radical (unpaired) electrons. The highest BCUT2D eigenvalue weighted by molar-refractivity contribution is 7.91. The minimum absolute atomic E-state index is 0.190. The second-order valence-corrected chi connectivity index (χ2v) is 7.88. The number of halogens is 4. The van der Waals surface area contributed by atoms with Crippen LogP contribution in [0.3, 0.4) is 0 Å². The van der Waals surface area contributed by atoms with Crippen LogP contribution in [0.2, 0.25) is 0 Å². The van der Waals surface area contributed by atoms with Crippen molar-refractivity contribution in [2.75, 3.05) is 11.1 Å². The first kappa shape index (κ1) is 21.3. The van der Waals surface area contributed by atoms with E-state index < -0.39 is 56.4 Å². The molecule has 0 aliphatic carbocycles. The van der Waals surface area contributed by atoms with E-state index in [9.17, 15) is 30.8 Å². The molecule has 1 unspecified atom stereocenters. The number of alkyl halides is 3. The summed E-state index contributed by atoms with van der Waals surface area (Å²) in [6.07, 6.45) is -4.16. The normalized spacial score (nSPS) is 12.9. The summed E-state index contributed by atoms with van der Waals surface area (Å²) in [6, 6.07) is 5.86. The average molecular weight is 415 g/mol. The van der Waals surface area contributed by atoms with E-state index in [0.29, 0.717) is 12.3 Å². The Kier molecular flexibility index (Phi) is 6.04. The zero-order chi connectivity index (χ0) is 21.1. The van der Waals surface area contributed by atoms with Crippen molar-refractivity contribution in [2.45, 2.75) is 18.0 Å². The summed E-state index contributed by atoms with van der Waals surface area (Å²) in [5.74, 6) is -3.76. The standard InChI is InChI=1S/C17H13F4N3O3S/c1-10(9-28(26,27)13-4-2-12(18)3-5-13)16(25)24-15-6-14(17(19,20)21)11(7-22)8-23-15/h2-6,8,10H,9H2,1H3,(H,23,24,25). The zero-order valence-corrected chi connectivity index (χ0v) is 15.1. The lowest BCUT2D eigenvalue weighted by atomic mass is 10.1. The minimum Gasteiger partial charge on any atom is -0.310 e. The van der Waals surface area contributed by atoms with E-state index in [1.807, 2.05) is 0 Å². The number of benzene rings is 1. The molecule has 0 aliphatic rings. The molecule has 0 bridgehead atoms. The van der Waals surface area contributed by atoms with Gasteiger partial charge in [0, 0.05) is 12.1 Å². The maximum Gasteiger partial charge on any atom is 0.417 e. The predicted octanol–water partition coefficient (Wildman–Crippen LogP) is 3.16. The van der Waals surface area contributed by atoms with Crippen LogP contribution in [0, 0.1) is 23.1 Å². The van der Waals surface area contributed by atoms with Gasteiger partial charge in [-0.3, -0.25) is 4.79 Å². The quantitative estimate of drug-likeness (QED) is 0.597. The highest BCUT2D eigenvalue weighted by Crippen LogP contribution is 2.32. The molecule has 28 heavy (non-hydrogen) atoms. The number of nitrogens with one attached hydrogen (secondary N) is 1. The largest absolute Gasteiger partial charge is 0.417 e. The van der Waals surface area contributed by atoms with Crippen LogP contribution < -0.4 is 5.32 Å². The van der Waals surface area contributed by atoms with Gasteiger partial charge >= 0.3 is 6.18 Å². The summed E-state index contributed by atoms with van der Waals surface area (Å²) in [5.41, 5.74) is -1.98. The van der Waals surface area contributed by atoms with Crippen molar-refractivity contribution in [3.63, 3.8) is 0 Å². The molecule has 11 heteroatoms. The van der Waals surface area contributed by atoms with E-state index in [0.717, 1.165) is 24.3 Å². The first-order valence-electron chi connectivity index (χ1n) is 7.70. The Bertz CT molecular complexity index is 1030.